The molecule has 0 unspecified atom stereocenters. The maximum absolute atomic E-state index is 13.2. The normalized spacial score (nSPS) is 15.4. The summed E-state index contributed by atoms with van der Waals surface area (Å²) in [5.74, 6) is 0.146. The van der Waals surface area contributed by atoms with Crippen molar-refractivity contribution in [3.8, 4) is 0 Å². The molecule has 6 heteroatoms. The van der Waals surface area contributed by atoms with Crippen LogP contribution in [0.15, 0.2) is 36.5 Å². The van der Waals surface area contributed by atoms with Gasteiger partial charge in [-0.3, -0.25) is 9.78 Å². The first-order valence-electron chi connectivity index (χ1n) is 8.00. The van der Waals surface area contributed by atoms with E-state index in [4.69, 9.17) is 11.6 Å². The maximum Gasteiger partial charge on any atom is 0.272 e. The smallest absolute Gasteiger partial charge is 0.272 e. The van der Waals surface area contributed by atoms with Gasteiger partial charge in [0, 0.05) is 30.7 Å². The van der Waals surface area contributed by atoms with E-state index in [1.54, 1.807) is 24.4 Å². The van der Waals surface area contributed by atoms with E-state index in [1.807, 2.05) is 4.90 Å². The van der Waals surface area contributed by atoms with Crippen LogP contribution in [0.5, 0.6) is 0 Å². The van der Waals surface area contributed by atoms with Crippen LogP contribution >= 0.6 is 11.6 Å². The molecule has 1 N–H and O–H groups in total. The van der Waals surface area contributed by atoms with Crippen LogP contribution in [0, 0.1) is 11.7 Å². The molecule has 4 nitrogen and oxygen atoms in total. The third kappa shape index (κ3) is 3.85. The first-order valence-corrected chi connectivity index (χ1v) is 8.38. The molecule has 0 spiro atoms. The number of pyridine rings is 1. The molecule has 1 aromatic heterocycles. The molecular weight excluding hydrogens is 329 g/mol. The number of rotatable bonds is 3. The molecule has 1 saturated heterocycles. The van der Waals surface area contributed by atoms with Gasteiger partial charge in [-0.25, -0.2) is 4.39 Å². The van der Waals surface area contributed by atoms with E-state index in [9.17, 15) is 9.18 Å². The largest absolute Gasteiger partial charge is 0.355 e. The van der Waals surface area contributed by atoms with Gasteiger partial charge in [0.15, 0.2) is 0 Å². The van der Waals surface area contributed by atoms with Crippen molar-refractivity contribution in [2.75, 3.05) is 18.4 Å². The van der Waals surface area contributed by atoms with Gasteiger partial charge in [0.1, 0.15) is 11.5 Å². The number of amides is 1. The summed E-state index contributed by atoms with van der Waals surface area (Å²) in [6.07, 6.45) is 3.64. The lowest BCUT2D eigenvalue weighted by molar-refractivity contribution is 0.0691. The molecule has 1 aliphatic heterocycles. The Bertz CT molecular complexity index is 745. The van der Waals surface area contributed by atoms with Crippen molar-refractivity contribution in [2.24, 2.45) is 5.92 Å². The molecule has 0 radical (unpaired) electrons. The van der Waals surface area contributed by atoms with Gasteiger partial charge >= 0.3 is 0 Å². The lowest BCUT2D eigenvalue weighted by Gasteiger charge is -2.30. The lowest BCUT2D eigenvalue weighted by atomic mass is 9.99. The fourth-order valence-corrected chi connectivity index (χ4v) is 2.92. The number of anilines is 2. The van der Waals surface area contributed by atoms with Crippen LogP contribution < -0.4 is 5.32 Å². The second-order valence-electron chi connectivity index (χ2n) is 6.16. The van der Waals surface area contributed by atoms with Crippen molar-refractivity contribution in [2.45, 2.75) is 19.8 Å². The third-order valence-electron chi connectivity index (χ3n) is 4.26. The molecule has 3 rings (SSSR count). The van der Waals surface area contributed by atoms with Crippen LogP contribution in [0.3, 0.4) is 0 Å². The van der Waals surface area contributed by atoms with E-state index in [-0.39, 0.29) is 10.9 Å². The second-order valence-corrected chi connectivity index (χ2v) is 6.57. The summed E-state index contributed by atoms with van der Waals surface area (Å²) in [4.78, 5) is 18.6. The average Bonchev–Trinajstić information content (AvgIpc) is 2.58. The number of nitrogens with zero attached hydrogens (tertiary/aromatic N) is 2. The van der Waals surface area contributed by atoms with Crippen LogP contribution in [-0.4, -0.2) is 28.9 Å². The van der Waals surface area contributed by atoms with Gasteiger partial charge in [-0.1, -0.05) is 18.5 Å². The number of carbonyl (C=O) groups excluding carboxylic acids is 1. The van der Waals surface area contributed by atoms with Gasteiger partial charge in [0.05, 0.1) is 5.02 Å². The minimum Gasteiger partial charge on any atom is -0.355 e. The van der Waals surface area contributed by atoms with Crippen molar-refractivity contribution < 1.29 is 9.18 Å². The molecule has 1 fully saturated rings. The predicted molar refractivity (Wildman–Crippen MR) is 93.2 cm³/mol. The molecule has 1 aromatic carbocycles. The second kappa shape index (κ2) is 7.18. The number of benzene rings is 1. The van der Waals surface area contributed by atoms with Crippen LogP contribution in [0.2, 0.25) is 5.02 Å². The summed E-state index contributed by atoms with van der Waals surface area (Å²) >= 11 is 5.79. The maximum atomic E-state index is 13.2. The molecule has 2 aromatic rings. The number of halogens is 2. The highest BCUT2D eigenvalue weighted by Gasteiger charge is 2.22. The van der Waals surface area contributed by atoms with Gasteiger partial charge < -0.3 is 10.2 Å². The Morgan fingerprint density at radius 2 is 1.96 bits per heavy atom. The van der Waals surface area contributed by atoms with Gasteiger partial charge in [0.2, 0.25) is 0 Å². The molecule has 0 bridgehead atoms. The molecule has 0 saturated carbocycles. The number of likely N-dealkylation sites (tertiary alicyclic amines) is 1. The molecule has 0 atom stereocenters. The van der Waals surface area contributed by atoms with E-state index >= 15 is 0 Å². The molecule has 1 aliphatic rings. The van der Waals surface area contributed by atoms with Gasteiger partial charge in [-0.05, 0) is 49.1 Å². The summed E-state index contributed by atoms with van der Waals surface area (Å²) in [5, 5.41) is 3.16. The zero-order valence-corrected chi connectivity index (χ0v) is 14.2. The molecule has 0 aliphatic carbocycles. The fourth-order valence-electron chi connectivity index (χ4n) is 2.74. The Balaban J connectivity index is 1.73. The molecular formula is C18H19ClFN3O. The zero-order valence-electron chi connectivity index (χ0n) is 13.4. The molecule has 126 valence electrons. The Labute approximate surface area is 145 Å². The predicted octanol–water partition coefficient (Wildman–Crippen LogP) is 4.49. The van der Waals surface area contributed by atoms with E-state index in [0.29, 0.717) is 23.0 Å². The molecule has 1 amide bonds. The van der Waals surface area contributed by atoms with Crippen molar-refractivity contribution >= 4 is 28.9 Å². The zero-order chi connectivity index (χ0) is 17.1. The number of hydrogen-bond acceptors (Lipinski definition) is 3. The van der Waals surface area contributed by atoms with Crippen molar-refractivity contribution in [3.63, 3.8) is 0 Å². The average molecular weight is 348 g/mol. The van der Waals surface area contributed by atoms with Crippen molar-refractivity contribution in [1.82, 2.24) is 9.88 Å². The number of nitrogens with one attached hydrogen (secondary N) is 1. The highest BCUT2D eigenvalue weighted by molar-refractivity contribution is 6.31. The summed E-state index contributed by atoms with van der Waals surface area (Å²) in [7, 11) is 0. The lowest BCUT2D eigenvalue weighted by Crippen LogP contribution is -2.38. The monoisotopic (exact) mass is 347 g/mol. The quantitative estimate of drug-likeness (QED) is 0.889. The van der Waals surface area contributed by atoms with E-state index in [1.165, 1.54) is 12.1 Å². The van der Waals surface area contributed by atoms with Crippen LogP contribution in [-0.2, 0) is 0 Å². The van der Waals surface area contributed by atoms with Crippen molar-refractivity contribution in [1.29, 1.82) is 0 Å². The highest BCUT2D eigenvalue weighted by Crippen LogP contribution is 2.23. The Morgan fingerprint density at radius 3 is 2.67 bits per heavy atom. The van der Waals surface area contributed by atoms with Gasteiger partial charge in [-0.2, -0.15) is 0 Å². The minimum absolute atomic E-state index is 0.0489. The van der Waals surface area contributed by atoms with Crippen LogP contribution in [0.4, 0.5) is 15.8 Å². The standard InChI is InChI=1S/C18H19ClFN3O/c1-12-5-8-23(9-6-12)18(24)17-11-14(4-7-21-17)22-13-2-3-16(20)15(19)10-13/h2-4,7,10-12H,5-6,8-9H2,1H3,(H,21,22). The summed E-state index contributed by atoms with van der Waals surface area (Å²) in [6.45, 7) is 3.75. The minimum atomic E-state index is -0.466. The number of piperidine rings is 1. The van der Waals surface area contributed by atoms with Gasteiger partial charge in [0.25, 0.3) is 5.91 Å². The topological polar surface area (TPSA) is 45.2 Å². The number of carbonyl (C=O) groups is 1. The highest BCUT2D eigenvalue weighted by atomic mass is 35.5. The van der Waals surface area contributed by atoms with E-state index in [2.05, 4.69) is 17.2 Å². The number of hydrogen-bond donors (Lipinski definition) is 1. The summed E-state index contributed by atoms with van der Waals surface area (Å²) < 4.78 is 13.2. The third-order valence-corrected chi connectivity index (χ3v) is 4.55. The Morgan fingerprint density at radius 1 is 1.25 bits per heavy atom. The first kappa shape index (κ1) is 16.7. The Kier molecular flexibility index (Phi) is 5.00. The molecule has 2 heterocycles. The van der Waals surface area contributed by atoms with E-state index in [0.717, 1.165) is 25.9 Å². The van der Waals surface area contributed by atoms with Crippen LogP contribution in [0.25, 0.3) is 0 Å². The van der Waals surface area contributed by atoms with Crippen molar-refractivity contribution in [3.05, 3.63) is 53.1 Å². The SMILES string of the molecule is CC1CCN(C(=O)c2cc(Nc3ccc(F)c(Cl)c3)ccn2)CC1. The van der Waals surface area contributed by atoms with Gasteiger partial charge in [-0.15, -0.1) is 0 Å². The molecule has 24 heavy (non-hydrogen) atoms. The van der Waals surface area contributed by atoms with Crippen LogP contribution in [0.1, 0.15) is 30.3 Å². The first-order chi connectivity index (χ1) is 11.5. The number of aromatic nitrogens is 1. The fraction of sp³-hybridized carbons (Fsp3) is 0.333. The summed E-state index contributed by atoms with van der Waals surface area (Å²) in [5.41, 5.74) is 1.77. The Hall–Kier alpha value is -2.14. The summed E-state index contributed by atoms with van der Waals surface area (Å²) in [6, 6.07) is 7.86. The van der Waals surface area contributed by atoms with E-state index < -0.39 is 5.82 Å².